The van der Waals surface area contributed by atoms with Crippen LogP contribution in [0.4, 0.5) is 0 Å². The Labute approximate surface area is 77.8 Å². The average molecular weight is 200 g/mol. The van der Waals surface area contributed by atoms with Crippen LogP contribution in [0.15, 0.2) is 29.2 Å². The van der Waals surface area contributed by atoms with Gasteiger partial charge in [-0.3, -0.25) is 0 Å². The predicted molar refractivity (Wildman–Crippen MR) is 50.5 cm³/mol. The summed E-state index contributed by atoms with van der Waals surface area (Å²) < 4.78 is 23.1. The highest BCUT2D eigenvalue weighted by Gasteiger charge is 2.02. The van der Waals surface area contributed by atoms with Crippen LogP contribution in [0.3, 0.4) is 0 Å². The number of hydrogen-bond donors (Lipinski definition) is 2. The van der Waals surface area contributed by atoms with Crippen molar-refractivity contribution in [3.05, 3.63) is 29.8 Å². The van der Waals surface area contributed by atoms with E-state index in [1.165, 1.54) is 0 Å². The number of hydrogen-bond acceptors (Lipinski definition) is 3. The summed E-state index contributed by atoms with van der Waals surface area (Å²) in [7, 11) is -1.47. The zero-order valence-corrected chi connectivity index (χ0v) is 8.14. The maximum atomic E-state index is 11.1. The molecular formula is C8H12N2O2S. The SMILES string of the molecule is COCc1ccc(S(=N)(N)=O)cc1. The van der Waals surface area contributed by atoms with Gasteiger partial charge in [0.05, 0.1) is 11.5 Å². The summed E-state index contributed by atoms with van der Waals surface area (Å²) in [6.45, 7) is 0.504. The Morgan fingerprint density at radius 3 is 2.38 bits per heavy atom. The molecular weight excluding hydrogens is 188 g/mol. The molecule has 0 fully saturated rings. The number of nitrogens with one attached hydrogen (secondary N) is 1. The molecule has 4 nitrogen and oxygen atoms in total. The Bertz CT molecular complexity index is 370. The Balaban J connectivity index is 2.94. The van der Waals surface area contributed by atoms with Crippen molar-refractivity contribution < 1.29 is 8.95 Å². The van der Waals surface area contributed by atoms with Crippen LogP contribution in [-0.4, -0.2) is 11.3 Å². The lowest BCUT2D eigenvalue weighted by Crippen LogP contribution is -2.10. The van der Waals surface area contributed by atoms with Gasteiger partial charge in [-0.25, -0.2) is 14.1 Å². The van der Waals surface area contributed by atoms with Gasteiger partial charge in [0.1, 0.15) is 9.92 Å². The third-order valence-corrected chi connectivity index (χ3v) is 2.56. The van der Waals surface area contributed by atoms with Gasteiger partial charge in [0, 0.05) is 7.11 Å². The molecule has 1 rings (SSSR count). The zero-order valence-electron chi connectivity index (χ0n) is 7.32. The van der Waals surface area contributed by atoms with Gasteiger partial charge >= 0.3 is 0 Å². The standard InChI is InChI=1S/C8H12N2O2S/c1-12-6-7-2-4-8(5-3-7)13(9,10)11/h2-5H,6H2,1H3,(H3,9,10,11). The number of benzene rings is 1. The Hall–Kier alpha value is -0.910. The van der Waals surface area contributed by atoms with Crippen molar-refractivity contribution >= 4 is 9.92 Å². The van der Waals surface area contributed by atoms with Crippen LogP contribution in [0.1, 0.15) is 5.56 Å². The van der Waals surface area contributed by atoms with Gasteiger partial charge in [0.25, 0.3) is 0 Å². The topological polar surface area (TPSA) is 76.2 Å². The molecule has 0 amide bonds. The summed E-state index contributed by atoms with van der Waals surface area (Å²) in [5.41, 5.74) is 0.968. The zero-order chi connectivity index (χ0) is 9.90. The smallest absolute Gasteiger partial charge is 0.132 e. The molecule has 0 heterocycles. The minimum absolute atomic E-state index is 0.340. The first-order chi connectivity index (χ1) is 6.04. The molecule has 0 saturated heterocycles. The van der Waals surface area contributed by atoms with Gasteiger partial charge in [-0.1, -0.05) is 12.1 Å². The monoisotopic (exact) mass is 200 g/mol. The molecule has 0 bridgehead atoms. The molecule has 0 saturated carbocycles. The van der Waals surface area contributed by atoms with Crippen molar-refractivity contribution in [1.29, 1.82) is 4.78 Å². The summed E-state index contributed by atoms with van der Waals surface area (Å²) >= 11 is 0. The molecule has 1 atom stereocenters. The predicted octanol–water partition coefficient (Wildman–Crippen LogP) is 1.11. The molecule has 1 aromatic carbocycles. The summed E-state index contributed by atoms with van der Waals surface area (Å²) in [6.07, 6.45) is 0. The van der Waals surface area contributed by atoms with E-state index in [1.54, 1.807) is 31.4 Å². The van der Waals surface area contributed by atoms with Crippen molar-refractivity contribution in [2.24, 2.45) is 5.14 Å². The highest BCUT2D eigenvalue weighted by molar-refractivity contribution is 7.90. The number of rotatable bonds is 3. The normalized spacial score (nSPS) is 15.2. The number of nitrogens with two attached hydrogens (primary N) is 1. The third kappa shape index (κ3) is 2.80. The van der Waals surface area contributed by atoms with E-state index < -0.39 is 9.92 Å². The van der Waals surface area contributed by atoms with Crippen LogP contribution in [0.5, 0.6) is 0 Å². The minimum Gasteiger partial charge on any atom is -0.380 e. The first-order valence-electron chi connectivity index (χ1n) is 3.68. The highest BCUT2D eigenvalue weighted by Crippen LogP contribution is 2.09. The molecule has 0 aromatic heterocycles. The average Bonchev–Trinajstić information content (AvgIpc) is 2.04. The van der Waals surface area contributed by atoms with Gasteiger partial charge in [-0.2, -0.15) is 0 Å². The van der Waals surface area contributed by atoms with E-state index in [1.807, 2.05) is 0 Å². The van der Waals surface area contributed by atoms with E-state index in [0.29, 0.717) is 11.5 Å². The maximum absolute atomic E-state index is 11.1. The van der Waals surface area contributed by atoms with Gasteiger partial charge in [-0.15, -0.1) is 0 Å². The van der Waals surface area contributed by atoms with E-state index in [-0.39, 0.29) is 0 Å². The van der Waals surface area contributed by atoms with Crippen molar-refractivity contribution in [2.45, 2.75) is 11.5 Å². The Morgan fingerprint density at radius 1 is 1.46 bits per heavy atom. The van der Waals surface area contributed by atoms with Crippen molar-refractivity contribution in [1.82, 2.24) is 0 Å². The molecule has 72 valence electrons. The second kappa shape index (κ2) is 3.87. The van der Waals surface area contributed by atoms with Gasteiger partial charge < -0.3 is 4.74 Å². The molecule has 0 aliphatic heterocycles. The van der Waals surface area contributed by atoms with E-state index >= 15 is 0 Å². The van der Waals surface area contributed by atoms with Crippen LogP contribution in [0.2, 0.25) is 0 Å². The summed E-state index contributed by atoms with van der Waals surface area (Å²) in [4.78, 5) is 0.340. The molecule has 13 heavy (non-hydrogen) atoms. The van der Waals surface area contributed by atoms with Crippen LogP contribution in [0, 0.1) is 4.78 Å². The summed E-state index contributed by atoms with van der Waals surface area (Å²) in [6, 6.07) is 6.67. The molecule has 0 aliphatic carbocycles. The Kier molecular flexibility index (Phi) is 3.02. The van der Waals surface area contributed by atoms with Crippen molar-refractivity contribution in [3.63, 3.8) is 0 Å². The summed E-state index contributed by atoms with van der Waals surface area (Å²) in [5, 5.41) is 5.14. The molecule has 3 N–H and O–H groups in total. The second-order valence-corrected chi connectivity index (χ2v) is 4.35. The summed E-state index contributed by atoms with van der Waals surface area (Å²) in [5.74, 6) is 0. The van der Waals surface area contributed by atoms with E-state index in [0.717, 1.165) is 5.56 Å². The quantitative estimate of drug-likeness (QED) is 0.766. The van der Waals surface area contributed by atoms with Crippen LogP contribution >= 0.6 is 0 Å². The molecule has 0 spiro atoms. The first kappa shape index (κ1) is 10.2. The highest BCUT2D eigenvalue weighted by atomic mass is 32.2. The Morgan fingerprint density at radius 2 is 2.00 bits per heavy atom. The lowest BCUT2D eigenvalue weighted by atomic mass is 10.2. The molecule has 5 heteroatoms. The van der Waals surface area contributed by atoms with E-state index in [9.17, 15) is 4.21 Å². The third-order valence-electron chi connectivity index (χ3n) is 1.58. The molecule has 1 aromatic rings. The van der Waals surface area contributed by atoms with Gasteiger partial charge in [-0.05, 0) is 17.7 Å². The second-order valence-electron chi connectivity index (χ2n) is 2.68. The van der Waals surface area contributed by atoms with E-state index in [2.05, 4.69) is 0 Å². The fraction of sp³-hybridized carbons (Fsp3) is 0.250. The first-order valence-corrected chi connectivity index (χ1v) is 5.30. The van der Waals surface area contributed by atoms with Gasteiger partial charge in [0.2, 0.25) is 0 Å². The van der Waals surface area contributed by atoms with Gasteiger partial charge in [0.15, 0.2) is 0 Å². The molecule has 1 unspecified atom stereocenters. The molecule has 0 radical (unpaired) electrons. The van der Waals surface area contributed by atoms with Crippen molar-refractivity contribution in [3.8, 4) is 0 Å². The number of ether oxygens (including phenoxy) is 1. The molecule has 0 aliphatic rings. The van der Waals surface area contributed by atoms with E-state index in [4.69, 9.17) is 14.7 Å². The minimum atomic E-state index is -3.08. The van der Waals surface area contributed by atoms with Crippen LogP contribution in [0.25, 0.3) is 0 Å². The number of methoxy groups -OCH3 is 1. The fourth-order valence-electron chi connectivity index (χ4n) is 0.955. The van der Waals surface area contributed by atoms with Crippen molar-refractivity contribution in [2.75, 3.05) is 7.11 Å². The maximum Gasteiger partial charge on any atom is 0.132 e. The van der Waals surface area contributed by atoms with Crippen LogP contribution in [-0.2, 0) is 21.3 Å². The fourth-order valence-corrected chi connectivity index (χ4v) is 1.49. The largest absolute Gasteiger partial charge is 0.380 e. The van der Waals surface area contributed by atoms with Crippen LogP contribution < -0.4 is 5.14 Å². The lowest BCUT2D eigenvalue weighted by Gasteiger charge is -2.02. The lowest BCUT2D eigenvalue weighted by molar-refractivity contribution is 0.185.